The molecule has 0 aliphatic heterocycles. The van der Waals surface area contributed by atoms with Crippen LogP contribution in [0.1, 0.15) is 5.56 Å². The first kappa shape index (κ1) is 12.9. The normalized spacial score (nSPS) is 11.9. The van der Waals surface area contributed by atoms with Crippen LogP contribution in [0.2, 0.25) is 0 Å². The smallest absolute Gasteiger partial charge is 0.289 e. The highest BCUT2D eigenvalue weighted by Gasteiger charge is 2.30. The van der Waals surface area contributed by atoms with Crippen LogP contribution in [0.3, 0.4) is 0 Å². The third-order valence-electron chi connectivity index (χ3n) is 2.96. The third kappa shape index (κ3) is 2.12. The fraction of sp³-hybridized carbons (Fsp3) is 0.0714. The molecule has 0 saturated carbocycles. The number of alkyl halides is 3. The van der Waals surface area contributed by atoms with Crippen LogP contribution in [0.15, 0.2) is 48.5 Å². The van der Waals surface area contributed by atoms with E-state index < -0.39 is 11.7 Å². The van der Waals surface area contributed by atoms with Gasteiger partial charge in [0.25, 0.3) is 0 Å². The van der Waals surface area contributed by atoms with Crippen LogP contribution in [0.25, 0.3) is 16.6 Å². The number of nitrogens with one attached hydrogen (secondary N) is 1. The summed E-state index contributed by atoms with van der Waals surface area (Å²) in [6.45, 7) is 0. The summed E-state index contributed by atoms with van der Waals surface area (Å²) in [5, 5.41) is 8.18. The molecule has 0 unspecified atom stereocenters. The fourth-order valence-electron chi connectivity index (χ4n) is 2.02. The summed E-state index contributed by atoms with van der Waals surface area (Å²) < 4.78 is 40.0. The second-order valence-electron chi connectivity index (χ2n) is 4.28. The van der Waals surface area contributed by atoms with Crippen molar-refractivity contribution in [3.8, 4) is 5.69 Å². The van der Waals surface area contributed by atoms with E-state index in [4.69, 9.17) is 5.41 Å². The number of hydrogen-bond donors (Lipinski definition) is 1. The van der Waals surface area contributed by atoms with Gasteiger partial charge in [-0.3, -0.25) is 9.37 Å². The standard InChI is InChI=1S/C14H9F3N2S/c15-14(16,17)9-6-7-12-11(8-9)13(18)20-19(12)10-4-2-1-3-5-10/h1-8,18H. The number of nitrogens with zero attached hydrogens (tertiary/aromatic N) is 1. The zero-order valence-electron chi connectivity index (χ0n) is 10.1. The number of aromatic nitrogens is 1. The van der Waals surface area contributed by atoms with Gasteiger partial charge in [0, 0.05) is 5.39 Å². The first-order valence-electron chi connectivity index (χ1n) is 5.80. The lowest BCUT2D eigenvalue weighted by Gasteiger charge is -2.07. The minimum atomic E-state index is -4.39. The van der Waals surface area contributed by atoms with Gasteiger partial charge < -0.3 is 0 Å². The lowest BCUT2D eigenvalue weighted by molar-refractivity contribution is -0.137. The fourth-order valence-corrected chi connectivity index (χ4v) is 2.95. The predicted octanol–water partition coefficient (Wildman–Crippen LogP) is 4.19. The average Bonchev–Trinajstić information content (AvgIpc) is 2.76. The molecule has 3 aromatic rings. The molecular formula is C14H9F3N2S. The van der Waals surface area contributed by atoms with Gasteiger partial charge in [0.05, 0.1) is 16.8 Å². The van der Waals surface area contributed by atoms with E-state index in [1.54, 1.807) is 3.96 Å². The molecule has 0 spiro atoms. The number of benzene rings is 2. The van der Waals surface area contributed by atoms with E-state index in [0.717, 1.165) is 29.4 Å². The minimum absolute atomic E-state index is 0.120. The molecule has 1 heterocycles. The van der Waals surface area contributed by atoms with Gasteiger partial charge >= 0.3 is 6.18 Å². The van der Waals surface area contributed by atoms with Crippen molar-refractivity contribution in [2.24, 2.45) is 0 Å². The Morgan fingerprint density at radius 3 is 2.35 bits per heavy atom. The summed E-state index contributed by atoms with van der Waals surface area (Å²) in [4.78, 5) is 0. The van der Waals surface area contributed by atoms with Crippen molar-refractivity contribution in [1.29, 1.82) is 5.41 Å². The van der Waals surface area contributed by atoms with Gasteiger partial charge in [0.15, 0.2) is 0 Å². The van der Waals surface area contributed by atoms with Crippen LogP contribution in [-0.2, 0) is 6.18 Å². The summed E-state index contributed by atoms with van der Waals surface area (Å²) in [6.07, 6.45) is -4.39. The third-order valence-corrected chi connectivity index (χ3v) is 3.95. The first-order valence-corrected chi connectivity index (χ1v) is 6.57. The Labute approximate surface area is 116 Å². The van der Waals surface area contributed by atoms with Gasteiger partial charge in [-0.25, -0.2) is 0 Å². The van der Waals surface area contributed by atoms with Gasteiger partial charge in [0.1, 0.15) is 4.67 Å². The van der Waals surface area contributed by atoms with Crippen molar-refractivity contribution in [2.45, 2.75) is 6.18 Å². The van der Waals surface area contributed by atoms with E-state index in [2.05, 4.69) is 0 Å². The number of hydrogen-bond acceptors (Lipinski definition) is 2. The topological polar surface area (TPSA) is 28.8 Å². The molecule has 0 aliphatic carbocycles. The van der Waals surface area contributed by atoms with Crippen LogP contribution < -0.4 is 4.67 Å². The summed E-state index contributed by atoms with van der Waals surface area (Å²) in [5.41, 5.74) is 0.719. The van der Waals surface area contributed by atoms with Gasteiger partial charge in [-0.15, -0.1) is 0 Å². The molecule has 0 atom stereocenters. The maximum absolute atomic E-state index is 12.7. The van der Waals surface area contributed by atoms with Crippen molar-refractivity contribution in [3.63, 3.8) is 0 Å². The highest BCUT2D eigenvalue weighted by Crippen LogP contribution is 2.31. The molecule has 0 bridgehead atoms. The van der Waals surface area contributed by atoms with E-state index in [9.17, 15) is 13.2 Å². The molecular weight excluding hydrogens is 285 g/mol. The predicted molar refractivity (Wildman–Crippen MR) is 72.0 cm³/mol. The zero-order chi connectivity index (χ0) is 14.3. The lowest BCUT2D eigenvalue weighted by atomic mass is 10.1. The lowest BCUT2D eigenvalue weighted by Crippen LogP contribution is -2.05. The first-order chi connectivity index (χ1) is 9.47. The molecule has 6 heteroatoms. The molecule has 0 radical (unpaired) electrons. The second kappa shape index (κ2) is 4.49. The second-order valence-corrected chi connectivity index (χ2v) is 5.24. The summed E-state index contributed by atoms with van der Waals surface area (Å²) in [7, 11) is 0. The van der Waals surface area contributed by atoms with Crippen LogP contribution in [0, 0.1) is 5.41 Å². The molecule has 0 saturated heterocycles. The highest BCUT2D eigenvalue weighted by molar-refractivity contribution is 7.05. The summed E-state index contributed by atoms with van der Waals surface area (Å²) in [5.74, 6) is 0. The Morgan fingerprint density at radius 1 is 1.00 bits per heavy atom. The van der Waals surface area contributed by atoms with Crippen LogP contribution >= 0.6 is 11.5 Å². The average molecular weight is 294 g/mol. The Kier molecular flexibility index (Phi) is 2.90. The van der Waals surface area contributed by atoms with Crippen molar-refractivity contribution in [1.82, 2.24) is 3.96 Å². The van der Waals surface area contributed by atoms with Gasteiger partial charge in [-0.1, -0.05) is 18.2 Å². The van der Waals surface area contributed by atoms with Gasteiger partial charge in [-0.05, 0) is 41.9 Å². The van der Waals surface area contributed by atoms with E-state index in [-0.39, 0.29) is 4.67 Å². The van der Waals surface area contributed by atoms with Crippen LogP contribution in [0.5, 0.6) is 0 Å². The largest absolute Gasteiger partial charge is 0.416 e. The molecule has 2 aromatic carbocycles. The number of para-hydroxylation sites is 1. The summed E-state index contributed by atoms with van der Waals surface area (Å²) >= 11 is 1.12. The van der Waals surface area contributed by atoms with E-state index >= 15 is 0 Å². The van der Waals surface area contributed by atoms with Crippen molar-refractivity contribution < 1.29 is 13.2 Å². The SMILES string of the molecule is N=c1sn(-c2ccccc2)c2ccc(C(F)(F)F)cc12. The quantitative estimate of drug-likeness (QED) is 0.697. The highest BCUT2D eigenvalue weighted by atomic mass is 32.1. The Bertz CT molecular complexity index is 816. The molecule has 2 nitrogen and oxygen atoms in total. The van der Waals surface area contributed by atoms with E-state index in [0.29, 0.717) is 10.9 Å². The van der Waals surface area contributed by atoms with Crippen molar-refractivity contribution >= 4 is 22.4 Å². The van der Waals surface area contributed by atoms with Crippen LogP contribution in [-0.4, -0.2) is 3.96 Å². The Hall–Kier alpha value is -2.08. The Balaban J connectivity index is 2.26. The Morgan fingerprint density at radius 2 is 1.70 bits per heavy atom. The van der Waals surface area contributed by atoms with Crippen molar-refractivity contribution in [2.75, 3.05) is 0 Å². The minimum Gasteiger partial charge on any atom is -0.289 e. The maximum atomic E-state index is 12.7. The number of fused-ring (bicyclic) bond motifs is 1. The molecule has 3 rings (SSSR count). The molecule has 0 aliphatic rings. The van der Waals surface area contributed by atoms with Crippen molar-refractivity contribution in [3.05, 3.63) is 58.8 Å². The maximum Gasteiger partial charge on any atom is 0.416 e. The molecule has 0 fully saturated rings. The molecule has 0 amide bonds. The van der Waals surface area contributed by atoms with E-state index in [1.165, 1.54) is 6.07 Å². The van der Waals surface area contributed by atoms with Crippen LogP contribution in [0.4, 0.5) is 13.2 Å². The zero-order valence-corrected chi connectivity index (χ0v) is 10.9. The van der Waals surface area contributed by atoms with Gasteiger partial charge in [0.2, 0.25) is 0 Å². The monoisotopic (exact) mass is 294 g/mol. The molecule has 1 aromatic heterocycles. The molecule has 102 valence electrons. The summed E-state index contributed by atoms with van der Waals surface area (Å²) in [6, 6.07) is 12.8. The van der Waals surface area contributed by atoms with E-state index in [1.807, 2.05) is 30.3 Å². The number of rotatable bonds is 1. The molecule has 20 heavy (non-hydrogen) atoms. The molecule has 1 N–H and O–H groups in total. The van der Waals surface area contributed by atoms with Gasteiger partial charge in [-0.2, -0.15) is 13.2 Å². The number of halogens is 3.